The van der Waals surface area contributed by atoms with E-state index in [2.05, 4.69) is 15.5 Å². The first-order chi connectivity index (χ1) is 9.77. The number of carbonyl (C=O) groups excluding carboxylic acids is 1. The molecule has 2 aliphatic rings. The molecule has 0 aromatic rings. The summed E-state index contributed by atoms with van der Waals surface area (Å²) in [5.41, 5.74) is 0.160. The molecule has 116 valence electrons. The number of thioether (sulfide) groups is 1. The fraction of sp³-hybridized carbons (Fsp3) is 0.929. The molecule has 0 aliphatic carbocycles. The second kappa shape index (κ2) is 8.22. The minimum atomic E-state index is 0.160. The third kappa shape index (κ3) is 4.35. The van der Waals surface area contributed by atoms with Gasteiger partial charge in [0.25, 0.3) is 0 Å². The largest absolute Gasteiger partial charge is 0.379 e. The van der Waals surface area contributed by atoms with Crippen LogP contribution in [-0.4, -0.2) is 74.3 Å². The van der Waals surface area contributed by atoms with Gasteiger partial charge in [-0.25, -0.2) is 0 Å². The lowest BCUT2D eigenvalue weighted by Crippen LogP contribution is -2.59. The quantitative estimate of drug-likeness (QED) is 0.663. The zero-order valence-corrected chi connectivity index (χ0v) is 13.3. The van der Waals surface area contributed by atoms with E-state index >= 15 is 0 Å². The second-order valence-corrected chi connectivity index (χ2v) is 6.72. The molecule has 1 unspecified atom stereocenters. The van der Waals surface area contributed by atoms with Crippen LogP contribution < -0.4 is 10.6 Å². The molecule has 2 rings (SSSR count). The Morgan fingerprint density at radius 1 is 1.40 bits per heavy atom. The topological polar surface area (TPSA) is 53.6 Å². The summed E-state index contributed by atoms with van der Waals surface area (Å²) in [5.74, 6) is 2.52. The number of nitrogens with one attached hydrogen (secondary N) is 2. The van der Waals surface area contributed by atoms with Crippen LogP contribution in [0.3, 0.4) is 0 Å². The minimum absolute atomic E-state index is 0.160. The predicted molar refractivity (Wildman–Crippen MR) is 83.2 cm³/mol. The van der Waals surface area contributed by atoms with Crippen molar-refractivity contribution < 1.29 is 9.53 Å². The molecule has 1 amide bonds. The normalized spacial score (nSPS) is 27.6. The highest BCUT2D eigenvalue weighted by Crippen LogP contribution is 2.33. The van der Waals surface area contributed by atoms with E-state index in [1.165, 1.54) is 12.2 Å². The third-order valence-corrected chi connectivity index (χ3v) is 5.44. The van der Waals surface area contributed by atoms with Crippen molar-refractivity contribution in [3.63, 3.8) is 0 Å². The first-order valence-electron chi connectivity index (χ1n) is 7.59. The highest BCUT2D eigenvalue weighted by Gasteiger charge is 2.40. The standard InChI is InChI=1S/C14H27N3O2S/c1-15-5-2-3-13(18)16-11-14(4-10-20-12-14)17-6-8-19-9-7-17/h15H,2-12H2,1H3,(H,16,18). The van der Waals surface area contributed by atoms with Crippen molar-refractivity contribution in [3.05, 3.63) is 0 Å². The molecule has 6 heteroatoms. The predicted octanol–water partition coefficient (Wildman–Crippen LogP) is 0.310. The maximum atomic E-state index is 11.9. The lowest BCUT2D eigenvalue weighted by molar-refractivity contribution is -0.122. The van der Waals surface area contributed by atoms with E-state index in [0.29, 0.717) is 6.42 Å². The molecule has 0 spiro atoms. The summed E-state index contributed by atoms with van der Waals surface area (Å²) in [5, 5.41) is 6.23. The van der Waals surface area contributed by atoms with Crippen LogP contribution in [0.25, 0.3) is 0 Å². The number of amides is 1. The molecule has 5 nitrogen and oxygen atoms in total. The van der Waals surface area contributed by atoms with E-state index in [0.717, 1.165) is 51.6 Å². The first-order valence-corrected chi connectivity index (χ1v) is 8.74. The number of hydrogen-bond acceptors (Lipinski definition) is 5. The number of rotatable bonds is 7. The number of nitrogens with zero attached hydrogens (tertiary/aromatic N) is 1. The van der Waals surface area contributed by atoms with Crippen LogP contribution in [0.15, 0.2) is 0 Å². The van der Waals surface area contributed by atoms with Gasteiger partial charge in [0.2, 0.25) is 5.91 Å². The smallest absolute Gasteiger partial charge is 0.220 e. The van der Waals surface area contributed by atoms with Gasteiger partial charge >= 0.3 is 0 Å². The van der Waals surface area contributed by atoms with Crippen LogP contribution in [0.1, 0.15) is 19.3 Å². The molecular weight excluding hydrogens is 274 g/mol. The molecule has 0 bridgehead atoms. The van der Waals surface area contributed by atoms with E-state index in [1.54, 1.807) is 0 Å². The average molecular weight is 301 g/mol. The first kappa shape index (κ1) is 16.1. The molecule has 0 saturated carbocycles. The second-order valence-electron chi connectivity index (χ2n) is 5.61. The zero-order valence-electron chi connectivity index (χ0n) is 12.5. The molecule has 2 fully saturated rings. The lowest BCUT2D eigenvalue weighted by Gasteiger charge is -2.43. The third-order valence-electron chi connectivity index (χ3n) is 4.21. The van der Waals surface area contributed by atoms with Gasteiger partial charge in [-0.1, -0.05) is 0 Å². The Hall–Kier alpha value is -0.300. The Bertz CT molecular complexity index is 303. The van der Waals surface area contributed by atoms with E-state index in [4.69, 9.17) is 4.74 Å². The SMILES string of the molecule is CNCCCC(=O)NCC1(N2CCOCC2)CCSC1. The van der Waals surface area contributed by atoms with E-state index in [9.17, 15) is 4.79 Å². The van der Waals surface area contributed by atoms with Gasteiger partial charge in [0.05, 0.1) is 13.2 Å². The highest BCUT2D eigenvalue weighted by molar-refractivity contribution is 7.99. The molecule has 0 aromatic carbocycles. The fourth-order valence-corrected chi connectivity index (χ4v) is 4.39. The summed E-state index contributed by atoms with van der Waals surface area (Å²) >= 11 is 2.00. The summed E-state index contributed by atoms with van der Waals surface area (Å²) in [4.78, 5) is 14.4. The molecule has 0 radical (unpaired) electrons. The number of carbonyl (C=O) groups is 1. The van der Waals surface area contributed by atoms with Crippen LogP contribution >= 0.6 is 11.8 Å². The summed E-state index contributed by atoms with van der Waals surface area (Å²) in [6, 6.07) is 0. The molecule has 2 N–H and O–H groups in total. The number of morpholine rings is 1. The summed E-state index contributed by atoms with van der Waals surface area (Å²) in [6.45, 7) is 5.33. The van der Waals surface area contributed by atoms with Crippen molar-refractivity contribution in [2.24, 2.45) is 0 Å². The monoisotopic (exact) mass is 301 g/mol. The molecule has 2 heterocycles. The van der Waals surface area contributed by atoms with E-state index < -0.39 is 0 Å². The van der Waals surface area contributed by atoms with Gasteiger partial charge in [-0.2, -0.15) is 11.8 Å². The maximum Gasteiger partial charge on any atom is 0.220 e. The average Bonchev–Trinajstić information content (AvgIpc) is 2.97. The van der Waals surface area contributed by atoms with Gasteiger partial charge in [-0.15, -0.1) is 0 Å². The van der Waals surface area contributed by atoms with Gasteiger partial charge in [0.15, 0.2) is 0 Å². The Balaban J connectivity index is 1.81. The number of hydrogen-bond donors (Lipinski definition) is 2. The van der Waals surface area contributed by atoms with Gasteiger partial charge < -0.3 is 15.4 Å². The van der Waals surface area contributed by atoms with Crippen molar-refractivity contribution >= 4 is 17.7 Å². The lowest BCUT2D eigenvalue weighted by atomic mass is 9.95. The Morgan fingerprint density at radius 2 is 2.20 bits per heavy atom. The van der Waals surface area contributed by atoms with Crippen LogP contribution in [0.5, 0.6) is 0 Å². The molecule has 2 aliphatic heterocycles. The minimum Gasteiger partial charge on any atom is -0.379 e. The fourth-order valence-electron chi connectivity index (χ4n) is 2.91. The van der Waals surface area contributed by atoms with Crippen LogP contribution in [0.4, 0.5) is 0 Å². The Labute approximate surface area is 126 Å². The van der Waals surface area contributed by atoms with Gasteiger partial charge in [0, 0.05) is 37.3 Å². The van der Waals surface area contributed by atoms with E-state index in [-0.39, 0.29) is 11.4 Å². The van der Waals surface area contributed by atoms with Crippen molar-refractivity contribution in [2.45, 2.75) is 24.8 Å². The zero-order chi connectivity index (χ0) is 14.3. The van der Waals surface area contributed by atoms with Crippen LogP contribution in [-0.2, 0) is 9.53 Å². The summed E-state index contributed by atoms with van der Waals surface area (Å²) < 4.78 is 5.45. The van der Waals surface area contributed by atoms with Crippen LogP contribution in [0, 0.1) is 0 Å². The molecule has 0 aromatic heterocycles. The van der Waals surface area contributed by atoms with Gasteiger partial charge in [-0.3, -0.25) is 9.69 Å². The number of ether oxygens (including phenoxy) is 1. The molecule has 20 heavy (non-hydrogen) atoms. The highest BCUT2D eigenvalue weighted by atomic mass is 32.2. The van der Waals surface area contributed by atoms with Gasteiger partial charge in [0.1, 0.15) is 0 Å². The molecule has 2 saturated heterocycles. The maximum absolute atomic E-state index is 11.9. The van der Waals surface area contributed by atoms with Crippen molar-refractivity contribution in [1.29, 1.82) is 0 Å². The van der Waals surface area contributed by atoms with Crippen LogP contribution in [0.2, 0.25) is 0 Å². The van der Waals surface area contributed by atoms with Gasteiger partial charge in [-0.05, 0) is 32.2 Å². The Morgan fingerprint density at radius 3 is 2.85 bits per heavy atom. The van der Waals surface area contributed by atoms with Crippen molar-refractivity contribution in [2.75, 3.05) is 57.9 Å². The summed E-state index contributed by atoms with van der Waals surface area (Å²) in [7, 11) is 1.92. The summed E-state index contributed by atoms with van der Waals surface area (Å²) in [6.07, 6.45) is 2.70. The molecular formula is C14H27N3O2S. The van der Waals surface area contributed by atoms with E-state index in [1.807, 2.05) is 18.8 Å². The van der Waals surface area contributed by atoms with Crippen molar-refractivity contribution in [3.8, 4) is 0 Å². The molecule has 1 atom stereocenters. The Kier molecular flexibility index (Phi) is 6.61. The van der Waals surface area contributed by atoms with Crippen molar-refractivity contribution in [1.82, 2.24) is 15.5 Å².